The number of piperidine rings is 1. The van der Waals surface area contributed by atoms with Crippen LogP contribution in [0.1, 0.15) is 163 Å². The Labute approximate surface area is 622 Å². The normalized spacial score (nSPS) is 18.2. The molecule has 588 valence electrons. The molecular formula is C79H115F4N9O14. The molecule has 2 saturated heterocycles. The Hall–Kier alpha value is -8.17. The number of likely N-dealkylation sites (tertiary alicyclic amines) is 2. The predicted molar refractivity (Wildman–Crippen MR) is 393 cm³/mol. The number of methoxy groups -OCH3 is 2. The minimum Gasteiger partial charge on any atom is -0.420 e. The molecule has 23 nitrogen and oxygen atoms in total. The van der Waals surface area contributed by atoms with E-state index in [4.69, 9.17) is 19.9 Å². The Morgan fingerprint density at radius 3 is 1.91 bits per heavy atom. The molecule has 13 atom stereocenters. The number of nitrogens with zero attached hydrogens (tertiary/aromatic N) is 4. The summed E-state index contributed by atoms with van der Waals surface area (Å²) in [4.78, 5) is 158. The number of urea groups is 1. The Bertz CT molecular complexity index is 3470. The van der Waals surface area contributed by atoms with Gasteiger partial charge in [-0.1, -0.05) is 118 Å². The lowest BCUT2D eigenvalue weighted by Gasteiger charge is -2.41. The van der Waals surface area contributed by atoms with Crippen molar-refractivity contribution in [2.75, 3.05) is 66.9 Å². The number of likely N-dealkylation sites (N-methyl/N-ethyl adjacent to an activating group) is 2. The summed E-state index contributed by atoms with van der Waals surface area (Å²) >= 11 is 0. The van der Waals surface area contributed by atoms with Gasteiger partial charge in [0.15, 0.2) is 29.0 Å². The van der Waals surface area contributed by atoms with Crippen LogP contribution in [-0.2, 0) is 70.4 Å². The summed E-state index contributed by atoms with van der Waals surface area (Å²) in [5, 5.41) is 11.1. The molecule has 3 aromatic rings. The van der Waals surface area contributed by atoms with Gasteiger partial charge in [-0.3, -0.25) is 52.8 Å². The van der Waals surface area contributed by atoms with Crippen molar-refractivity contribution >= 4 is 70.5 Å². The number of ketones is 3. The van der Waals surface area contributed by atoms with Crippen molar-refractivity contribution in [3.63, 3.8) is 0 Å². The van der Waals surface area contributed by atoms with E-state index < -0.39 is 142 Å². The summed E-state index contributed by atoms with van der Waals surface area (Å²) in [7, 11) is 8.53. The Morgan fingerprint density at radius 1 is 0.679 bits per heavy atom. The molecule has 2 heterocycles. The lowest BCUT2D eigenvalue weighted by molar-refractivity contribution is -0.149. The molecule has 2 unspecified atom stereocenters. The van der Waals surface area contributed by atoms with Crippen LogP contribution in [0.2, 0.25) is 0 Å². The van der Waals surface area contributed by atoms with Gasteiger partial charge in [0.05, 0.1) is 48.7 Å². The highest BCUT2D eigenvalue weighted by Gasteiger charge is 2.45. The van der Waals surface area contributed by atoms with Crippen molar-refractivity contribution in [2.45, 2.75) is 203 Å². The SMILES string of the molecule is CC[C@H](C)[C@@H]([C@@H](CC(=O)N1CCC[C@H]1[C@H](OC)[C@@H](C)C(=O)C[C@@H](Cc1ccccc1)C(=O)NCc1ccc(NC(=O)[C@H](CCCNC(N)=O)CC(=O)[C@@H](NC(=O)CCC(=O)N2CCC(C(=O)Oc3c(F)c(C)c(F)c(F)c3F)C(C)C2)C(C)C)cc1)OC)N(C)C(=O)[C@@H](CC(=O)[C@H](C(C)C)N(C)C)C(C)C. The quantitative estimate of drug-likeness (QED) is 0.00882. The smallest absolute Gasteiger partial charge is 0.314 e. The number of rotatable bonds is 41. The molecule has 2 aliphatic heterocycles. The van der Waals surface area contributed by atoms with Crippen LogP contribution in [0.3, 0.4) is 0 Å². The topological polar surface area (TPSA) is 303 Å². The van der Waals surface area contributed by atoms with Crippen LogP contribution in [0.4, 0.5) is 28.0 Å². The number of hydrogen-bond donors (Lipinski definition) is 5. The third kappa shape index (κ3) is 24.4. The molecule has 2 aliphatic rings. The third-order valence-electron chi connectivity index (χ3n) is 21.2. The number of amides is 8. The molecule has 0 radical (unpaired) electrons. The van der Waals surface area contributed by atoms with Crippen molar-refractivity contribution in [3.05, 3.63) is 94.6 Å². The van der Waals surface area contributed by atoms with E-state index in [0.717, 1.165) is 12.5 Å². The van der Waals surface area contributed by atoms with E-state index in [0.29, 0.717) is 37.1 Å². The summed E-state index contributed by atoms with van der Waals surface area (Å²) < 4.78 is 74.2. The highest BCUT2D eigenvalue weighted by molar-refractivity contribution is 5.98. The minimum absolute atomic E-state index is 0.00111. The van der Waals surface area contributed by atoms with Gasteiger partial charge in [-0.05, 0) is 112 Å². The van der Waals surface area contributed by atoms with Gasteiger partial charge in [0.2, 0.25) is 47.0 Å². The molecule has 0 bridgehead atoms. The molecule has 0 saturated carbocycles. The first kappa shape index (κ1) is 88.5. The molecule has 27 heteroatoms. The predicted octanol–water partition coefficient (Wildman–Crippen LogP) is 9.70. The first-order valence-electron chi connectivity index (χ1n) is 37.2. The standard InChI is InChI=1S/C79H115F4N9O14/c1-17-47(8)72(90(14)77(101)57(44(2)3)40-61(95)71(46(6)7)89(12)13)62(104-15)41-65(98)92-35-22-26-58(92)73(105-16)49(10)59(93)39-54(37-51-23-19-18-20-24-51)75(99)86-42-52-27-29-55(30-28-52)87-76(100)53(25-21-34-85-79(84)103)38-60(94)70(45(4)5)88-63(96)31-32-64(97)91-36-33-56(48(9)43-91)78(102)106-74-67(81)50(11)66(80)68(82)69(74)83/h18-20,23-24,27-30,44-49,53-54,56-58,62,70-73H,17,21-22,25-26,31-43H2,1-16H3,(H,86,99)(H,87,100)(H,88,96)(H3,84,85,103)/t47-,48?,49-,53+,54+,56?,57-,58-,62+,70-,71-,72-,73+/m0/s1. The Balaban J connectivity index is 1.20. The zero-order valence-corrected chi connectivity index (χ0v) is 64.8. The average molecular weight is 1490 g/mol. The van der Waals surface area contributed by atoms with Gasteiger partial charge in [-0.2, -0.15) is 4.39 Å². The lowest BCUT2D eigenvalue weighted by atomic mass is 9.83. The summed E-state index contributed by atoms with van der Waals surface area (Å²) in [5.74, 6) is -18.2. The van der Waals surface area contributed by atoms with E-state index >= 15 is 0 Å². The Morgan fingerprint density at radius 2 is 1.33 bits per heavy atom. The largest absolute Gasteiger partial charge is 0.420 e. The van der Waals surface area contributed by atoms with Crippen LogP contribution in [0.25, 0.3) is 0 Å². The van der Waals surface area contributed by atoms with Crippen molar-refractivity contribution in [1.82, 2.24) is 35.6 Å². The maximum atomic E-state index is 14.7. The fourth-order valence-corrected chi connectivity index (χ4v) is 14.9. The minimum atomic E-state index is -1.99. The summed E-state index contributed by atoms with van der Waals surface area (Å²) in [5.41, 5.74) is 6.27. The van der Waals surface area contributed by atoms with Crippen molar-refractivity contribution in [3.8, 4) is 5.75 Å². The van der Waals surface area contributed by atoms with Gasteiger partial charge in [-0.25, -0.2) is 18.0 Å². The number of benzene rings is 3. The van der Waals surface area contributed by atoms with Crippen molar-refractivity contribution in [1.29, 1.82) is 0 Å². The number of halogens is 4. The zero-order chi connectivity index (χ0) is 79.1. The highest BCUT2D eigenvalue weighted by atomic mass is 19.2. The first-order chi connectivity index (χ1) is 50.0. The number of nitrogens with one attached hydrogen (secondary N) is 4. The van der Waals surface area contributed by atoms with E-state index in [-0.39, 0.29) is 143 Å². The number of Topliss-reactive ketones (excluding diaryl/α,β-unsaturated/α-hetero) is 3. The average Bonchev–Trinajstić information content (AvgIpc) is 0.888. The van der Waals surface area contributed by atoms with E-state index in [1.54, 1.807) is 68.8 Å². The van der Waals surface area contributed by atoms with E-state index in [1.807, 2.05) is 90.9 Å². The number of primary amides is 1. The zero-order valence-electron chi connectivity index (χ0n) is 64.8. The van der Waals surface area contributed by atoms with Gasteiger partial charge >= 0.3 is 12.0 Å². The van der Waals surface area contributed by atoms with Crippen LogP contribution >= 0.6 is 0 Å². The molecule has 106 heavy (non-hydrogen) atoms. The number of esters is 1. The van der Waals surface area contributed by atoms with E-state index in [1.165, 1.54) is 19.1 Å². The maximum absolute atomic E-state index is 14.7. The molecular weight excluding hydrogens is 1370 g/mol. The molecule has 6 N–H and O–H groups in total. The molecule has 8 amide bonds. The van der Waals surface area contributed by atoms with Gasteiger partial charge in [0, 0.05) is 121 Å². The number of nitrogens with two attached hydrogens (primary N) is 1. The second-order valence-electron chi connectivity index (χ2n) is 30.2. The monoisotopic (exact) mass is 1490 g/mol. The van der Waals surface area contributed by atoms with E-state index in [9.17, 15) is 70.3 Å². The van der Waals surface area contributed by atoms with Gasteiger partial charge in [0.25, 0.3) is 0 Å². The maximum Gasteiger partial charge on any atom is 0.314 e. The fourth-order valence-electron chi connectivity index (χ4n) is 14.9. The fraction of sp³-hybridized carbons (Fsp3) is 0.633. The van der Waals surface area contributed by atoms with Crippen molar-refractivity contribution in [2.24, 2.45) is 64.9 Å². The molecule has 5 rings (SSSR count). The first-order valence-corrected chi connectivity index (χ1v) is 37.2. The van der Waals surface area contributed by atoms with Gasteiger partial charge < -0.3 is 55.9 Å². The number of hydrogen-bond acceptors (Lipinski definition) is 15. The van der Waals surface area contributed by atoms with Crippen LogP contribution in [-0.4, -0.2) is 182 Å². The van der Waals surface area contributed by atoms with Crippen LogP contribution in [0.15, 0.2) is 54.6 Å². The van der Waals surface area contributed by atoms with Crippen LogP contribution < -0.4 is 31.7 Å². The lowest BCUT2D eigenvalue weighted by Crippen LogP contribution is -2.54. The summed E-state index contributed by atoms with van der Waals surface area (Å²) in [6, 6.07) is 12.8. The number of anilines is 1. The molecule has 3 aromatic carbocycles. The van der Waals surface area contributed by atoms with Crippen molar-refractivity contribution < 1.29 is 84.5 Å². The second kappa shape index (κ2) is 41.8. The molecule has 0 aromatic heterocycles. The number of ether oxygens (including phenoxy) is 3. The van der Waals surface area contributed by atoms with Crippen LogP contribution in [0, 0.1) is 89.4 Å². The van der Waals surface area contributed by atoms with Crippen LogP contribution in [0.5, 0.6) is 5.75 Å². The third-order valence-corrected chi connectivity index (χ3v) is 21.2. The summed E-state index contributed by atoms with van der Waals surface area (Å²) in [6.45, 7) is 20.1. The second-order valence-corrected chi connectivity index (χ2v) is 30.2. The summed E-state index contributed by atoms with van der Waals surface area (Å²) in [6.07, 6.45) is 0.0413. The number of carbonyl (C=O) groups is 11. The number of carbonyl (C=O) groups excluding carboxylic acids is 11. The Kier molecular flexibility index (Phi) is 34.9. The molecule has 2 fully saturated rings. The van der Waals surface area contributed by atoms with Gasteiger partial charge in [-0.15, -0.1) is 0 Å². The molecule has 0 spiro atoms. The van der Waals surface area contributed by atoms with Gasteiger partial charge in [0.1, 0.15) is 5.78 Å². The molecule has 0 aliphatic carbocycles. The van der Waals surface area contributed by atoms with E-state index in [2.05, 4.69) is 21.3 Å². The highest BCUT2D eigenvalue weighted by Crippen LogP contribution is 2.35.